The summed E-state index contributed by atoms with van der Waals surface area (Å²) < 4.78 is 5.24. The highest BCUT2D eigenvalue weighted by molar-refractivity contribution is 5.95. The fourth-order valence-corrected chi connectivity index (χ4v) is 2.85. The minimum atomic E-state index is -0.809. The topological polar surface area (TPSA) is 84.1 Å². The third kappa shape index (κ3) is 2.62. The zero-order chi connectivity index (χ0) is 16.5. The number of aromatic amines is 1. The van der Waals surface area contributed by atoms with Crippen molar-refractivity contribution in [1.29, 1.82) is 0 Å². The number of fused-ring (bicyclic) bond motifs is 2. The Balaban J connectivity index is 1.44. The molecule has 0 saturated carbocycles. The quantitative estimate of drug-likeness (QED) is 0.722. The second-order valence-electron chi connectivity index (χ2n) is 5.67. The number of para-hydroxylation sites is 2. The maximum Gasteiger partial charge on any atom is 0.339 e. The molecule has 2 N–H and O–H groups in total. The molecule has 3 aromatic rings. The van der Waals surface area contributed by atoms with Gasteiger partial charge in [-0.1, -0.05) is 30.3 Å². The smallest absolute Gasteiger partial charge is 0.339 e. The minimum absolute atomic E-state index is 0.253. The average molecular weight is 321 g/mol. The monoisotopic (exact) mass is 321 g/mol. The van der Waals surface area contributed by atoms with Gasteiger partial charge in [0.15, 0.2) is 6.10 Å². The van der Waals surface area contributed by atoms with E-state index in [1.165, 1.54) is 0 Å². The zero-order valence-corrected chi connectivity index (χ0v) is 12.8. The van der Waals surface area contributed by atoms with Crippen LogP contribution in [0.5, 0.6) is 0 Å². The Morgan fingerprint density at radius 2 is 2.00 bits per heavy atom. The Labute approximate surface area is 137 Å². The highest BCUT2D eigenvalue weighted by Gasteiger charge is 2.30. The van der Waals surface area contributed by atoms with E-state index in [-0.39, 0.29) is 12.5 Å². The standard InChI is InChI=1S/C18H15N3O3/c22-17(15-9-11-5-1-2-6-12(11)18(23)24-15)19-10-16-20-13-7-3-4-8-14(13)21-16/h1-8,15H,9-10H2,(H,19,22)(H,20,21). The molecular formula is C18H15N3O3. The molecule has 6 nitrogen and oxygen atoms in total. The molecule has 0 spiro atoms. The summed E-state index contributed by atoms with van der Waals surface area (Å²) in [5.41, 5.74) is 3.12. The summed E-state index contributed by atoms with van der Waals surface area (Å²) in [6.07, 6.45) is -0.426. The van der Waals surface area contributed by atoms with Crippen LogP contribution in [0, 0.1) is 0 Å². The number of H-pyrrole nitrogens is 1. The molecule has 0 aliphatic carbocycles. The molecule has 1 aliphatic rings. The number of nitrogens with one attached hydrogen (secondary N) is 2. The number of esters is 1. The van der Waals surface area contributed by atoms with E-state index in [0.717, 1.165) is 16.6 Å². The number of hydrogen-bond acceptors (Lipinski definition) is 4. The normalized spacial score (nSPS) is 16.5. The summed E-state index contributed by atoms with van der Waals surface area (Å²) in [5, 5.41) is 2.77. The number of benzene rings is 2. The molecule has 1 aliphatic heterocycles. The van der Waals surface area contributed by atoms with Crippen molar-refractivity contribution in [1.82, 2.24) is 15.3 Å². The third-order valence-electron chi connectivity index (χ3n) is 4.05. The van der Waals surface area contributed by atoms with Gasteiger partial charge in [-0.2, -0.15) is 0 Å². The van der Waals surface area contributed by atoms with E-state index >= 15 is 0 Å². The summed E-state index contributed by atoms with van der Waals surface area (Å²) in [5.74, 6) is -0.119. The molecule has 2 aromatic carbocycles. The molecule has 0 saturated heterocycles. The first-order valence-corrected chi connectivity index (χ1v) is 7.71. The fraction of sp³-hybridized carbons (Fsp3) is 0.167. The number of cyclic esters (lactones) is 1. The van der Waals surface area contributed by atoms with Crippen molar-refractivity contribution < 1.29 is 14.3 Å². The van der Waals surface area contributed by atoms with Gasteiger partial charge in [-0.3, -0.25) is 4.79 Å². The van der Waals surface area contributed by atoms with Crippen LogP contribution in [-0.4, -0.2) is 27.9 Å². The molecule has 0 bridgehead atoms. The molecule has 0 radical (unpaired) electrons. The van der Waals surface area contributed by atoms with Gasteiger partial charge < -0.3 is 15.0 Å². The predicted molar refractivity (Wildman–Crippen MR) is 87.3 cm³/mol. The first-order chi connectivity index (χ1) is 11.7. The zero-order valence-electron chi connectivity index (χ0n) is 12.8. The van der Waals surface area contributed by atoms with E-state index < -0.39 is 12.1 Å². The number of imidazole rings is 1. The van der Waals surface area contributed by atoms with Crippen molar-refractivity contribution >= 4 is 22.9 Å². The van der Waals surface area contributed by atoms with Crippen LogP contribution >= 0.6 is 0 Å². The molecule has 2 heterocycles. The van der Waals surface area contributed by atoms with Crippen LogP contribution < -0.4 is 5.32 Å². The van der Waals surface area contributed by atoms with Crippen molar-refractivity contribution in [3.05, 3.63) is 65.5 Å². The number of carbonyl (C=O) groups excluding carboxylic acids is 2. The van der Waals surface area contributed by atoms with Crippen LogP contribution in [0.4, 0.5) is 0 Å². The lowest BCUT2D eigenvalue weighted by atomic mass is 9.98. The van der Waals surface area contributed by atoms with Crippen LogP contribution in [0.3, 0.4) is 0 Å². The van der Waals surface area contributed by atoms with Gasteiger partial charge in [0.25, 0.3) is 5.91 Å². The maximum atomic E-state index is 12.3. The number of carbonyl (C=O) groups is 2. The second-order valence-corrected chi connectivity index (χ2v) is 5.67. The molecule has 0 fully saturated rings. The van der Waals surface area contributed by atoms with Crippen molar-refractivity contribution in [2.45, 2.75) is 19.1 Å². The van der Waals surface area contributed by atoms with Crippen LogP contribution in [0.25, 0.3) is 11.0 Å². The molecule has 1 aromatic heterocycles. The summed E-state index contributed by atoms with van der Waals surface area (Å²) in [6.45, 7) is 0.253. The Kier molecular flexibility index (Phi) is 3.49. The SMILES string of the molecule is O=C1OC(C(=O)NCc2nc3ccccc3[nH]2)Cc2ccccc21. The maximum absolute atomic E-state index is 12.3. The van der Waals surface area contributed by atoms with Gasteiger partial charge in [-0.05, 0) is 23.8 Å². The van der Waals surface area contributed by atoms with Gasteiger partial charge in [-0.25, -0.2) is 9.78 Å². The lowest BCUT2D eigenvalue weighted by molar-refractivity contribution is -0.130. The van der Waals surface area contributed by atoms with Crippen LogP contribution in [-0.2, 0) is 22.5 Å². The highest BCUT2D eigenvalue weighted by atomic mass is 16.5. The van der Waals surface area contributed by atoms with Crippen molar-refractivity contribution in [3.8, 4) is 0 Å². The average Bonchev–Trinajstić information content (AvgIpc) is 3.02. The molecule has 1 amide bonds. The number of ether oxygens (including phenoxy) is 1. The van der Waals surface area contributed by atoms with Crippen molar-refractivity contribution in [3.63, 3.8) is 0 Å². The van der Waals surface area contributed by atoms with E-state index in [4.69, 9.17) is 4.74 Å². The second kappa shape index (κ2) is 5.81. The summed E-state index contributed by atoms with van der Waals surface area (Å²) in [7, 11) is 0. The Hall–Kier alpha value is -3.15. The summed E-state index contributed by atoms with van der Waals surface area (Å²) in [6, 6.07) is 14.8. The van der Waals surface area contributed by atoms with Crippen molar-refractivity contribution in [2.24, 2.45) is 0 Å². The molecule has 24 heavy (non-hydrogen) atoms. The van der Waals surface area contributed by atoms with E-state index in [1.807, 2.05) is 36.4 Å². The fourth-order valence-electron chi connectivity index (χ4n) is 2.85. The first kappa shape index (κ1) is 14.4. The van der Waals surface area contributed by atoms with Crippen LogP contribution in [0.15, 0.2) is 48.5 Å². The van der Waals surface area contributed by atoms with Crippen LogP contribution in [0.1, 0.15) is 21.7 Å². The van der Waals surface area contributed by atoms with E-state index in [2.05, 4.69) is 15.3 Å². The number of aromatic nitrogens is 2. The summed E-state index contributed by atoms with van der Waals surface area (Å²) in [4.78, 5) is 31.8. The molecule has 6 heteroatoms. The molecule has 4 rings (SSSR count). The molecule has 1 unspecified atom stereocenters. The van der Waals surface area contributed by atoms with E-state index in [0.29, 0.717) is 17.8 Å². The largest absolute Gasteiger partial charge is 0.448 e. The number of rotatable bonds is 3. The van der Waals surface area contributed by atoms with Gasteiger partial charge in [-0.15, -0.1) is 0 Å². The van der Waals surface area contributed by atoms with E-state index in [9.17, 15) is 9.59 Å². The summed E-state index contributed by atoms with van der Waals surface area (Å²) >= 11 is 0. The predicted octanol–water partition coefficient (Wildman–Crippen LogP) is 1.96. The molecule has 120 valence electrons. The van der Waals surface area contributed by atoms with Gasteiger partial charge >= 0.3 is 5.97 Å². The number of nitrogens with zero attached hydrogens (tertiary/aromatic N) is 1. The van der Waals surface area contributed by atoms with Crippen LogP contribution in [0.2, 0.25) is 0 Å². The van der Waals surface area contributed by atoms with Gasteiger partial charge in [0.1, 0.15) is 5.82 Å². The Morgan fingerprint density at radius 1 is 1.21 bits per heavy atom. The Morgan fingerprint density at radius 3 is 2.88 bits per heavy atom. The van der Waals surface area contributed by atoms with Gasteiger partial charge in [0.05, 0.1) is 23.1 Å². The van der Waals surface area contributed by atoms with Gasteiger partial charge in [0, 0.05) is 6.42 Å². The molecular weight excluding hydrogens is 306 g/mol. The first-order valence-electron chi connectivity index (χ1n) is 7.71. The van der Waals surface area contributed by atoms with E-state index in [1.54, 1.807) is 12.1 Å². The number of hydrogen-bond donors (Lipinski definition) is 2. The highest BCUT2D eigenvalue weighted by Crippen LogP contribution is 2.20. The third-order valence-corrected chi connectivity index (χ3v) is 4.05. The van der Waals surface area contributed by atoms with Gasteiger partial charge in [0.2, 0.25) is 0 Å². The van der Waals surface area contributed by atoms with Crippen molar-refractivity contribution in [2.75, 3.05) is 0 Å². The minimum Gasteiger partial charge on any atom is -0.448 e. The molecule has 1 atom stereocenters. The lowest BCUT2D eigenvalue weighted by Gasteiger charge is -2.23. The Bertz CT molecular complexity index is 899. The number of amides is 1. The lowest BCUT2D eigenvalue weighted by Crippen LogP contribution is -2.41.